The van der Waals surface area contributed by atoms with Gasteiger partial charge in [-0.25, -0.2) is 17.8 Å². The standard InChI is InChI=1S/C18H18FN3O4S3/c19-13-1-3-15(4-2-13)25-8-17-20-14(9-27-17)10-28-18-22-21-16(26-18)7-12-5-6-29(23,24)11-12/h1-4,9,12H,5-8,10-11H2/t12-/m1/s1. The van der Waals surface area contributed by atoms with Crippen LogP contribution in [0.4, 0.5) is 4.39 Å². The molecule has 1 aliphatic heterocycles. The lowest BCUT2D eigenvalue weighted by molar-refractivity contribution is 0.305. The predicted molar refractivity (Wildman–Crippen MR) is 107 cm³/mol. The summed E-state index contributed by atoms with van der Waals surface area (Å²) in [4.78, 5) is 4.51. The third kappa shape index (κ3) is 5.77. The summed E-state index contributed by atoms with van der Waals surface area (Å²) < 4.78 is 47.2. The van der Waals surface area contributed by atoms with E-state index in [2.05, 4.69) is 15.2 Å². The van der Waals surface area contributed by atoms with Gasteiger partial charge in [0, 0.05) is 17.6 Å². The molecule has 3 aromatic rings. The van der Waals surface area contributed by atoms with E-state index in [0.29, 0.717) is 42.1 Å². The maximum Gasteiger partial charge on any atom is 0.276 e. The smallest absolute Gasteiger partial charge is 0.276 e. The molecule has 2 aromatic heterocycles. The molecule has 0 unspecified atom stereocenters. The molecule has 1 aromatic carbocycles. The van der Waals surface area contributed by atoms with Crippen molar-refractivity contribution in [2.45, 2.75) is 30.4 Å². The lowest BCUT2D eigenvalue weighted by Gasteiger charge is -2.03. The van der Waals surface area contributed by atoms with Crippen LogP contribution < -0.4 is 4.74 Å². The highest BCUT2D eigenvalue weighted by Crippen LogP contribution is 2.26. The normalized spacial score (nSPS) is 18.2. The minimum absolute atomic E-state index is 0.0560. The third-order valence-electron chi connectivity index (χ3n) is 4.36. The van der Waals surface area contributed by atoms with Gasteiger partial charge >= 0.3 is 0 Å². The highest BCUT2D eigenvalue weighted by Gasteiger charge is 2.29. The van der Waals surface area contributed by atoms with Crippen LogP contribution in [0, 0.1) is 11.7 Å². The van der Waals surface area contributed by atoms with Gasteiger partial charge in [0.25, 0.3) is 5.22 Å². The van der Waals surface area contributed by atoms with Gasteiger partial charge in [-0.15, -0.1) is 21.5 Å². The van der Waals surface area contributed by atoms with Crippen LogP contribution in [0.15, 0.2) is 39.3 Å². The Morgan fingerprint density at radius 3 is 2.86 bits per heavy atom. The lowest BCUT2D eigenvalue weighted by Crippen LogP contribution is -2.07. The van der Waals surface area contributed by atoms with E-state index in [1.807, 2.05) is 5.38 Å². The molecule has 7 nitrogen and oxygen atoms in total. The average molecular weight is 456 g/mol. The molecule has 0 bridgehead atoms. The van der Waals surface area contributed by atoms with Crippen molar-refractivity contribution in [3.63, 3.8) is 0 Å². The van der Waals surface area contributed by atoms with Crippen molar-refractivity contribution in [1.29, 1.82) is 0 Å². The Balaban J connectivity index is 1.24. The molecule has 11 heteroatoms. The van der Waals surface area contributed by atoms with E-state index in [9.17, 15) is 12.8 Å². The van der Waals surface area contributed by atoms with Crippen LogP contribution in [0.25, 0.3) is 0 Å². The first-order valence-corrected chi connectivity index (χ1v) is 12.6. The molecule has 1 fully saturated rings. The molecule has 4 rings (SSSR count). The zero-order valence-electron chi connectivity index (χ0n) is 15.3. The number of nitrogens with zero attached hydrogens (tertiary/aromatic N) is 3. The molecule has 1 aliphatic rings. The summed E-state index contributed by atoms with van der Waals surface area (Å²) in [7, 11) is -2.91. The van der Waals surface area contributed by atoms with Gasteiger partial charge < -0.3 is 9.15 Å². The molecule has 1 saturated heterocycles. The van der Waals surface area contributed by atoms with E-state index in [1.54, 1.807) is 12.1 Å². The van der Waals surface area contributed by atoms with Gasteiger partial charge in [0.1, 0.15) is 23.2 Å². The summed E-state index contributed by atoms with van der Waals surface area (Å²) in [5, 5.41) is 11.2. The molecule has 0 saturated carbocycles. The van der Waals surface area contributed by atoms with Crippen molar-refractivity contribution in [2.24, 2.45) is 5.92 Å². The maximum absolute atomic E-state index is 12.9. The van der Waals surface area contributed by atoms with E-state index in [4.69, 9.17) is 9.15 Å². The fourth-order valence-corrected chi connectivity index (χ4v) is 6.30. The van der Waals surface area contributed by atoms with Gasteiger partial charge in [-0.1, -0.05) is 11.8 Å². The molecule has 0 radical (unpaired) electrons. The Hall–Kier alpha value is -1.98. The summed E-state index contributed by atoms with van der Waals surface area (Å²) in [6.45, 7) is 0.315. The maximum atomic E-state index is 12.9. The highest BCUT2D eigenvalue weighted by atomic mass is 32.2. The van der Waals surface area contributed by atoms with Gasteiger partial charge in [0.05, 0.1) is 17.2 Å². The van der Waals surface area contributed by atoms with Crippen molar-refractivity contribution in [1.82, 2.24) is 15.2 Å². The number of benzene rings is 1. The largest absolute Gasteiger partial charge is 0.486 e. The monoisotopic (exact) mass is 455 g/mol. The Labute approximate surface area is 175 Å². The summed E-state index contributed by atoms with van der Waals surface area (Å²) in [5.74, 6) is 1.83. The van der Waals surface area contributed by atoms with Gasteiger partial charge in [0.15, 0.2) is 9.84 Å². The number of halogens is 1. The number of sulfone groups is 1. The van der Waals surface area contributed by atoms with Gasteiger partial charge in [-0.3, -0.25) is 0 Å². The number of aromatic nitrogens is 3. The second kappa shape index (κ2) is 8.80. The van der Waals surface area contributed by atoms with Crippen LogP contribution in [-0.4, -0.2) is 35.1 Å². The van der Waals surface area contributed by atoms with Crippen LogP contribution in [0.1, 0.15) is 23.0 Å². The summed E-state index contributed by atoms with van der Waals surface area (Å²) >= 11 is 2.87. The Bertz CT molecular complexity index is 1070. The third-order valence-corrected chi connectivity index (χ3v) is 7.92. The quantitative estimate of drug-likeness (QED) is 0.476. The van der Waals surface area contributed by atoms with E-state index in [-0.39, 0.29) is 23.2 Å². The minimum atomic E-state index is -2.91. The van der Waals surface area contributed by atoms with E-state index >= 15 is 0 Å². The van der Waals surface area contributed by atoms with Crippen molar-refractivity contribution in [3.05, 3.63) is 52.1 Å². The molecule has 29 heavy (non-hydrogen) atoms. The molecular weight excluding hydrogens is 437 g/mol. The van der Waals surface area contributed by atoms with E-state index in [0.717, 1.165) is 10.7 Å². The fourth-order valence-electron chi connectivity index (χ4n) is 2.95. The van der Waals surface area contributed by atoms with Crippen molar-refractivity contribution >= 4 is 32.9 Å². The lowest BCUT2D eigenvalue weighted by atomic mass is 10.1. The molecule has 154 valence electrons. The van der Waals surface area contributed by atoms with Crippen molar-refractivity contribution < 1.29 is 22.0 Å². The predicted octanol–water partition coefficient (Wildman–Crippen LogP) is 3.51. The van der Waals surface area contributed by atoms with Crippen LogP contribution >= 0.6 is 23.1 Å². The van der Waals surface area contributed by atoms with E-state index < -0.39 is 9.84 Å². The zero-order valence-corrected chi connectivity index (χ0v) is 17.7. The van der Waals surface area contributed by atoms with Gasteiger partial charge in [-0.2, -0.15) is 0 Å². The topological polar surface area (TPSA) is 95.2 Å². The second-order valence-corrected chi connectivity index (χ2v) is 10.8. The number of hydrogen-bond donors (Lipinski definition) is 0. The minimum Gasteiger partial charge on any atom is -0.486 e. The summed E-state index contributed by atoms with van der Waals surface area (Å²) in [6, 6.07) is 5.86. The molecule has 0 N–H and O–H groups in total. The molecule has 3 heterocycles. The number of thiazole rings is 1. The Morgan fingerprint density at radius 1 is 1.28 bits per heavy atom. The van der Waals surface area contributed by atoms with Crippen LogP contribution in [0.3, 0.4) is 0 Å². The average Bonchev–Trinajstić information content (AvgIpc) is 3.40. The SMILES string of the molecule is O=S1(=O)CC[C@H](Cc2nnc(SCc3csc(COc4ccc(F)cc4)n3)o2)C1. The molecule has 0 spiro atoms. The zero-order chi connectivity index (χ0) is 20.3. The Kier molecular flexibility index (Phi) is 6.16. The fraction of sp³-hybridized carbons (Fsp3) is 0.389. The highest BCUT2D eigenvalue weighted by molar-refractivity contribution is 7.98. The first-order chi connectivity index (χ1) is 13.9. The van der Waals surface area contributed by atoms with Crippen molar-refractivity contribution in [3.8, 4) is 5.75 Å². The number of hydrogen-bond acceptors (Lipinski definition) is 9. The summed E-state index contributed by atoms with van der Waals surface area (Å²) in [6.07, 6.45) is 1.14. The van der Waals surface area contributed by atoms with E-state index in [1.165, 1.54) is 35.2 Å². The van der Waals surface area contributed by atoms with Crippen molar-refractivity contribution in [2.75, 3.05) is 11.5 Å². The van der Waals surface area contributed by atoms with Crippen LogP contribution in [0.2, 0.25) is 0 Å². The first kappa shape index (κ1) is 20.3. The molecule has 1 atom stereocenters. The number of rotatable bonds is 8. The summed E-state index contributed by atoms with van der Waals surface area (Å²) in [5.41, 5.74) is 0.874. The molecule has 0 amide bonds. The Morgan fingerprint density at radius 2 is 2.10 bits per heavy atom. The van der Waals surface area contributed by atoms with Crippen LogP contribution in [0.5, 0.6) is 5.75 Å². The van der Waals surface area contributed by atoms with Gasteiger partial charge in [-0.05, 0) is 36.6 Å². The molecule has 0 aliphatic carbocycles. The van der Waals surface area contributed by atoms with Crippen LogP contribution in [-0.2, 0) is 28.6 Å². The number of thioether (sulfide) groups is 1. The number of ether oxygens (including phenoxy) is 1. The molecular formula is C18H18FN3O4S3. The van der Waals surface area contributed by atoms with Gasteiger partial charge in [0.2, 0.25) is 5.89 Å². The second-order valence-electron chi connectivity index (χ2n) is 6.70. The first-order valence-electron chi connectivity index (χ1n) is 8.92.